The van der Waals surface area contributed by atoms with Crippen molar-refractivity contribution < 1.29 is 13.2 Å². The Morgan fingerprint density at radius 2 is 2.00 bits per heavy atom. The molecule has 2 aromatic heterocycles. The van der Waals surface area contributed by atoms with E-state index in [0.717, 1.165) is 47.9 Å². The number of amidine groups is 1. The van der Waals surface area contributed by atoms with E-state index in [1.807, 2.05) is 5.38 Å². The SMILES string of the molecule is Fc1ccc([C@@H]2N=C(c3nccs3)N3CC4(CCCCC4)CC3=C2c2cnn(C(F)F)c2)c(Cl)c1. The smallest absolute Gasteiger partial charge is 0.327 e. The van der Waals surface area contributed by atoms with Crippen molar-refractivity contribution in [3.8, 4) is 0 Å². The molecule has 1 aromatic carbocycles. The fourth-order valence-corrected chi connectivity index (χ4v) is 6.70. The van der Waals surface area contributed by atoms with Crippen LogP contribution < -0.4 is 0 Å². The molecule has 1 aliphatic carbocycles. The number of nitrogens with zero attached hydrogens (tertiary/aromatic N) is 5. The molecule has 1 saturated carbocycles. The van der Waals surface area contributed by atoms with Crippen LogP contribution in [-0.4, -0.2) is 32.0 Å². The highest BCUT2D eigenvalue weighted by atomic mass is 35.5. The predicted molar refractivity (Wildman–Crippen MR) is 130 cm³/mol. The van der Waals surface area contributed by atoms with Gasteiger partial charge in [-0.15, -0.1) is 11.3 Å². The fraction of sp³-hybridized carbons (Fsp3) is 0.400. The number of allylic oxidation sites excluding steroid dienone is 1. The monoisotopic (exact) mass is 517 g/mol. The van der Waals surface area contributed by atoms with Gasteiger partial charge in [0.1, 0.15) is 11.9 Å². The summed E-state index contributed by atoms with van der Waals surface area (Å²) in [6.45, 7) is -1.93. The molecule has 3 aromatic rings. The standard InChI is InChI=1S/C25H23ClF3N5S/c26-18-10-16(27)4-5-17(18)21-20(15-12-31-34(13-15)24(28)29)19-11-25(6-2-1-3-7-25)14-33(19)22(32-21)23-30-8-9-35-23/h4-5,8-10,12-13,21,24H,1-3,6-7,11,14H2/t21-/m0/s1. The van der Waals surface area contributed by atoms with Crippen molar-refractivity contribution in [3.63, 3.8) is 0 Å². The average molecular weight is 518 g/mol. The lowest BCUT2D eigenvalue weighted by Crippen LogP contribution is -2.35. The van der Waals surface area contributed by atoms with Gasteiger partial charge < -0.3 is 4.90 Å². The predicted octanol–water partition coefficient (Wildman–Crippen LogP) is 7.10. The summed E-state index contributed by atoms with van der Waals surface area (Å²) in [5.74, 6) is 0.315. The summed E-state index contributed by atoms with van der Waals surface area (Å²) in [6, 6.07) is 3.66. The molecule has 10 heteroatoms. The Balaban J connectivity index is 1.57. The van der Waals surface area contributed by atoms with Crippen molar-refractivity contribution >= 4 is 34.3 Å². The van der Waals surface area contributed by atoms with Gasteiger partial charge in [-0.3, -0.25) is 4.99 Å². The van der Waals surface area contributed by atoms with E-state index in [2.05, 4.69) is 15.0 Å². The molecular weight excluding hydrogens is 495 g/mol. The maximum atomic E-state index is 13.9. The Kier molecular flexibility index (Phi) is 5.72. The Labute approximate surface area is 210 Å². The summed E-state index contributed by atoms with van der Waals surface area (Å²) >= 11 is 8.04. The van der Waals surface area contributed by atoms with Crippen molar-refractivity contribution in [2.45, 2.75) is 51.1 Å². The molecule has 0 unspecified atom stereocenters. The minimum atomic E-state index is -2.75. The zero-order chi connectivity index (χ0) is 24.2. The van der Waals surface area contributed by atoms with Gasteiger partial charge in [0, 0.05) is 46.2 Å². The fourth-order valence-electron chi connectivity index (χ4n) is 5.79. The third-order valence-electron chi connectivity index (χ3n) is 7.36. The average Bonchev–Trinajstić information content (AvgIpc) is 3.59. The van der Waals surface area contributed by atoms with Crippen LogP contribution in [0.15, 0.2) is 52.9 Å². The van der Waals surface area contributed by atoms with E-state index in [1.54, 1.807) is 12.3 Å². The van der Waals surface area contributed by atoms with Crippen molar-refractivity contribution in [2.75, 3.05) is 6.54 Å². The Hall–Kier alpha value is -2.65. The van der Waals surface area contributed by atoms with E-state index in [9.17, 15) is 13.2 Å². The second-order valence-electron chi connectivity index (χ2n) is 9.53. The third-order valence-corrected chi connectivity index (χ3v) is 8.46. The van der Waals surface area contributed by atoms with E-state index in [4.69, 9.17) is 16.6 Å². The number of hydrogen-bond donors (Lipinski definition) is 0. The van der Waals surface area contributed by atoms with Crippen molar-refractivity contribution in [1.82, 2.24) is 19.7 Å². The van der Waals surface area contributed by atoms with Gasteiger partial charge in [0.15, 0.2) is 10.8 Å². The van der Waals surface area contributed by atoms with Gasteiger partial charge in [-0.25, -0.2) is 14.1 Å². The maximum absolute atomic E-state index is 13.9. The molecule has 182 valence electrons. The highest BCUT2D eigenvalue weighted by molar-refractivity contribution is 7.11. The van der Waals surface area contributed by atoms with E-state index in [0.29, 0.717) is 15.8 Å². The molecule has 0 amide bonds. The van der Waals surface area contributed by atoms with Gasteiger partial charge in [-0.05, 0) is 42.4 Å². The van der Waals surface area contributed by atoms with Crippen molar-refractivity contribution in [3.05, 3.63) is 74.8 Å². The van der Waals surface area contributed by atoms with Crippen LogP contribution in [0.3, 0.4) is 0 Å². The normalized spacial score (nSPS) is 21.7. The van der Waals surface area contributed by atoms with Crippen LogP contribution in [0.2, 0.25) is 5.02 Å². The van der Waals surface area contributed by atoms with Gasteiger partial charge in [0.2, 0.25) is 0 Å². The molecule has 35 heavy (non-hydrogen) atoms. The van der Waals surface area contributed by atoms with E-state index >= 15 is 0 Å². The van der Waals surface area contributed by atoms with Gasteiger partial charge in [-0.1, -0.05) is 36.9 Å². The largest absolute Gasteiger partial charge is 0.333 e. The van der Waals surface area contributed by atoms with Crippen LogP contribution in [0.1, 0.15) is 67.3 Å². The summed E-state index contributed by atoms with van der Waals surface area (Å²) in [5.41, 5.74) is 3.15. The highest BCUT2D eigenvalue weighted by Gasteiger charge is 2.47. The summed E-state index contributed by atoms with van der Waals surface area (Å²) in [5, 5.41) is 6.86. The van der Waals surface area contributed by atoms with Crippen LogP contribution >= 0.6 is 22.9 Å². The van der Waals surface area contributed by atoms with E-state index in [1.165, 1.54) is 55.1 Å². The summed E-state index contributed by atoms with van der Waals surface area (Å²) in [4.78, 5) is 11.9. The van der Waals surface area contributed by atoms with Crippen LogP contribution in [0.25, 0.3) is 5.57 Å². The molecule has 2 aliphatic heterocycles. The van der Waals surface area contributed by atoms with Crippen molar-refractivity contribution in [1.29, 1.82) is 0 Å². The van der Waals surface area contributed by atoms with Gasteiger partial charge >= 0.3 is 6.55 Å². The van der Waals surface area contributed by atoms with Crippen LogP contribution in [-0.2, 0) is 0 Å². The molecule has 5 nitrogen and oxygen atoms in total. The minimum Gasteiger partial charge on any atom is -0.327 e. The summed E-state index contributed by atoms with van der Waals surface area (Å²) < 4.78 is 41.5. The number of thiazole rings is 1. The molecule has 4 heterocycles. The summed E-state index contributed by atoms with van der Waals surface area (Å²) in [6.07, 6.45) is 11.2. The molecule has 2 fully saturated rings. The number of aliphatic imine (C=N–C) groups is 1. The maximum Gasteiger partial charge on any atom is 0.333 e. The molecule has 1 spiro atoms. The third kappa shape index (κ3) is 3.98. The van der Waals surface area contributed by atoms with Crippen LogP contribution in [0.5, 0.6) is 0 Å². The van der Waals surface area contributed by atoms with Crippen molar-refractivity contribution in [2.24, 2.45) is 10.4 Å². The second-order valence-corrected chi connectivity index (χ2v) is 10.8. The van der Waals surface area contributed by atoms with Gasteiger partial charge in [0.25, 0.3) is 0 Å². The second kappa shape index (κ2) is 8.78. The van der Waals surface area contributed by atoms with Crippen LogP contribution in [0, 0.1) is 11.2 Å². The molecule has 1 atom stereocenters. The molecule has 1 saturated heterocycles. The number of halogens is 4. The lowest BCUT2D eigenvalue weighted by molar-refractivity contribution is 0.0566. The summed E-state index contributed by atoms with van der Waals surface area (Å²) in [7, 11) is 0. The zero-order valence-electron chi connectivity index (χ0n) is 18.8. The van der Waals surface area contributed by atoms with E-state index < -0.39 is 18.4 Å². The number of alkyl halides is 2. The number of rotatable bonds is 4. The molecule has 6 rings (SSSR count). The number of aromatic nitrogens is 3. The Bertz CT molecular complexity index is 1310. The first-order chi connectivity index (χ1) is 16.9. The topological polar surface area (TPSA) is 46.3 Å². The molecular formula is C25H23ClF3N5S. The Morgan fingerprint density at radius 3 is 2.69 bits per heavy atom. The molecule has 0 radical (unpaired) electrons. The van der Waals surface area contributed by atoms with Gasteiger partial charge in [-0.2, -0.15) is 13.9 Å². The molecule has 0 N–H and O–H groups in total. The van der Waals surface area contributed by atoms with E-state index in [-0.39, 0.29) is 10.4 Å². The quantitative estimate of drug-likeness (QED) is 0.371. The first-order valence-electron chi connectivity index (χ1n) is 11.7. The molecule has 0 bridgehead atoms. The first-order valence-corrected chi connectivity index (χ1v) is 13.0. The lowest BCUT2D eigenvalue weighted by atomic mass is 9.73. The molecule has 3 aliphatic rings. The number of fused-ring (bicyclic) bond motifs is 1. The lowest BCUT2D eigenvalue weighted by Gasteiger charge is -2.34. The van der Waals surface area contributed by atoms with Crippen LogP contribution in [0.4, 0.5) is 13.2 Å². The zero-order valence-corrected chi connectivity index (χ0v) is 20.4. The highest BCUT2D eigenvalue weighted by Crippen LogP contribution is 2.54. The van der Waals surface area contributed by atoms with Gasteiger partial charge in [0.05, 0.1) is 6.20 Å². The number of benzene rings is 1. The number of hydrogen-bond acceptors (Lipinski definition) is 5. The minimum absolute atomic E-state index is 0.108. The Morgan fingerprint density at radius 1 is 1.17 bits per heavy atom. The first kappa shape index (κ1) is 22.8.